The molecule has 0 saturated heterocycles. The molecule has 0 aromatic rings. The van der Waals surface area contributed by atoms with E-state index in [1.165, 1.54) is 116 Å². The number of esters is 3. The Kier molecular flexibility index (Phi) is 51.4. The minimum absolute atomic E-state index is 0.0960. The summed E-state index contributed by atoms with van der Waals surface area (Å²) in [6, 6.07) is 0. The van der Waals surface area contributed by atoms with Gasteiger partial charge in [0.05, 0.1) is 0 Å². The highest BCUT2D eigenvalue weighted by molar-refractivity contribution is 5.71. The Hall–Kier alpha value is -3.41. The predicted molar refractivity (Wildman–Crippen MR) is 284 cm³/mol. The Labute approximate surface area is 407 Å². The summed E-state index contributed by atoms with van der Waals surface area (Å²) in [4.78, 5) is 38.1. The van der Waals surface area contributed by atoms with Crippen molar-refractivity contribution in [1.82, 2.24) is 0 Å². The quantitative estimate of drug-likeness (QED) is 0.0199. The molecule has 0 aliphatic heterocycles. The summed E-state index contributed by atoms with van der Waals surface area (Å²) in [5.41, 5.74) is 0. The van der Waals surface area contributed by atoms with Crippen LogP contribution < -0.4 is 0 Å². The van der Waals surface area contributed by atoms with Crippen molar-refractivity contribution < 1.29 is 28.6 Å². The molecule has 66 heavy (non-hydrogen) atoms. The summed E-state index contributed by atoms with van der Waals surface area (Å²) in [6.07, 6.45) is 70.0. The number of rotatable bonds is 49. The standard InChI is InChI=1S/C60H102O6/c1-4-7-10-13-16-19-22-25-27-29-30-31-33-35-38-41-44-47-50-53-59(62)65-56-57(55-64-58(61)52-49-46-43-40-37-34-24-21-18-15-12-9-6-3)66-60(63)54-51-48-45-42-39-36-32-28-26-23-20-17-14-11-8-5-2/h8,11,16-17,19-20,22,25-26,28,34,36-37,39,57H,4-7,9-10,12-15,18,21,23-24,27,29-33,35,38,40-56H2,1-3H3/b11-8-,19-16-,20-17-,25-22-,28-26-,37-34-,39-36-. The molecule has 1 unspecified atom stereocenters. The van der Waals surface area contributed by atoms with Crippen LogP contribution in [-0.4, -0.2) is 37.2 Å². The van der Waals surface area contributed by atoms with Crippen LogP contribution in [0.5, 0.6) is 0 Å². The second-order valence-corrected chi connectivity index (χ2v) is 18.1. The summed E-state index contributed by atoms with van der Waals surface area (Å²) >= 11 is 0. The smallest absolute Gasteiger partial charge is 0.306 e. The molecule has 0 aliphatic carbocycles. The average molecular weight is 919 g/mol. The van der Waals surface area contributed by atoms with Gasteiger partial charge in [-0.3, -0.25) is 14.4 Å². The zero-order valence-corrected chi connectivity index (χ0v) is 43.2. The average Bonchev–Trinajstić information content (AvgIpc) is 3.31. The van der Waals surface area contributed by atoms with Crippen LogP contribution in [0.3, 0.4) is 0 Å². The van der Waals surface area contributed by atoms with Crippen molar-refractivity contribution in [3.63, 3.8) is 0 Å². The molecule has 0 radical (unpaired) electrons. The first kappa shape index (κ1) is 62.6. The maximum atomic E-state index is 12.8. The monoisotopic (exact) mass is 919 g/mol. The minimum Gasteiger partial charge on any atom is -0.462 e. The van der Waals surface area contributed by atoms with Crippen LogP contribution in [0.15, 0.2) is 85.1 Å². The van der Waals surface area contributed by atoms with Gasteiger partial charge in [0, 0.05) is 19.3 Å². The highest BCUT2D eigenvalue weighted by Crippen LogP contribution is 2.14. The van der Waals surface area contributed by atoms with Crippen LogP contribution in [0, 0.1) is 0 Å². The Balaban J connectivity index is 4.43. The number of hydrogen-bond acceptors (Lipinski definition) is 6. The molecule has 0 fully saturated rings. The zero-order chi connectivity index (χ0) is 47.9. The molecule has 0 bridgehead atoms. The number of carbonyl (C=O) groups excluding carboxylic acids is 3. The van der Waals surface area contributed by atoms with E-state index in [2.05, 4.69) is 106 Å². The fraction of sp³-hybridized carbons (Fsp3) is 0.717. The van der Waals surface area contributed by atoms with Crippen LogP contribution in [0.25, 0.3) is 0 Å². The molecular formula is C60H102O6. The van der Waals surface area contributed by atoms with E-state index in [4.69, 9.17) is 14.2 Å². The van der Waals surface area contributed by atoms with E-state index >= 15 is 0 Å². The highest BCUT2D eigenvalue weighted by Gasteiger charge is 2.19. The van der Waals surface area contributed by atoms with Gasteiger partial charge in [-0.05, 0) is 109 Å². The fourth-order valence-electron chi connectivity index (χ4n) is 7.48. The van der Waals surface area contributed by atoms with Gasteiger partial charge in [-0.1, -0.05) is 215 Å². The molecule has 378 valence electrons. The lowest BCUT2D eigenvalue weighted by Gasteiger charge is -2.18. The fourth-order valence-corrected chi connectivity index (χ4v) is 7.48. The van der Waals surface area contributed by atoms with Gasteiger partial charge in [0.1, 0.15) is 13.2 Å². The number of carbonyl (C=O) groups is 3. The van der Waals surface area contributed by atoms with Crippen LogP contribution >= 0.6 is 0 Å². The van der Waals surface area contributed by atoms with E-state index in [0.717, 1.165) is 103 Å². The lowest BCUT2D eigenvalue weighted by atomic mass is 10.1. The van der Waals surface area contributed by atoms with Gasteiger partial charge in [0.15, 0.2) is 6.10 Å². The summed E-state index contributed by atoms with van der Waals surface area (Å²) in [5.74, 6) is -0.945. The highest BCUT2D eigenvalue weighted by atomic mass is 16.6. The van der Waals surface area contributed by atoms with Gasteiger partial charge in [-0.2, -0.15) is 0 Å². The lowest BCUT2D eigenvalue weighted by Crippen LogP contribution is -2.30. The molecule has 6 nitrogen and oxygen atoms in total. The van der Waals surface area contributed by atoms with Gasteiger partial charge >= 0.3 is 17.9 Å². The van der Waals surface area contributed by atoms with Gasteiger partial charge in [-0.15, -0.1) is 0 Å². The summed E-state index contributed by atoms with van der Waals surface area (Å²) < 4.78 is 16.8. The van der Waals surface area contributed by atoms with E-state index < -0.39 is 6.10 Å². The third-order valence-electron chi connectivity index (χ3n) is 11.6. The van der Waals surface area contributed by atoms with Gasteiger partial charge < -0.3 is 14.2 Å². The molecule has 0 amide bonds. The first-order valence-corrected chi connectivity index (χ1v) is 27.6. The maximum Gasteiger partial charge on any atom is 0.306 e. The van der Waals surface area contributed by atoms with Crippen molar-refractivity contribution in [2.45, 2.75) is 264 Å². The lowest BCUT2D eigenvalue weighted by molar-refractivity contribution is -0.167. The van der Waals surface area contributed by atoms with Gasteiger partial charge in [0.25, 0.3) is 0 Å². The summed E-state index contributed by atoms with van der Waals surface area (Å²) in [6.45, 7) is 6.45. The SMILES string of the molecule is CC/C=C\C/C=C\C/C=C\C/C=C\CCCCCC(=O)OC(COC(=O)CCCCC/C=C\CCCCCCCC)COC(=O)CCCCCCCCCCCC/C=C\C=C/CCCCC. The summed E-state index contributed by atoms with van der Waals surface area (Å²) in [5, 5.41) is 0. The van der Waals surface area contributed by atoms with E-state index in [0.29, 0.717) is 12.8 Å². The van der Waals surface area contributed by atoms with Crippen LogP contribution in [-0.2, 0) is 28.6 Å². The van der Waals surface area contributed by atoms with Crippen molar-refractivity contribution >= 4 is 17.9 Å². The predicted octanol–water partition coefficient (Wildman–Crippen LogP) is 18.4. The Morgan fingerprint density at radius 3 is 1.08 bits per heavy atom. The van der Waals surface area contributed by atoms with Crippen molar-refractivity contribution in [3.05, 3.63) is 85.1 Å². The van der Waals surface area contributed by atoms with E-state index in [1.807, 2.05) is 0 Å². The van der Waals surface area contributed by atoms with E-state index in [9.17, 15) is 14.4 Å². The number of hydrogen-bond donors (Lipinski definition) is 0. The molecule has 0 spiro atoms. The second kappa shape index (κ2) is 54.2. The Morgan fingerprint density at radius 2 is 0.636 bits per heavy atom. The third-order valence-corrected chi connectivity index (χ3v) is 11.6. The number of allylic oxidation sites excluding steroid dienone is 14. The molecule has 0 aliphatic rings. The first-order chi connectivity index (χ1) is 32.5. The molecule has 0 N–H and O–H groups in total. The largest absolute Gasteiger partial charge is 0.462 e. The van der Waals surface area contributed by atoms with Crippen molar-refractivity contribution in [2.24, 2.45) is 0 Å². The van der Waals surface area contributed by atoms with E-state index in [-0.39, 0.29) is 37.5 Å². The van der Waals surface area contributed by atoms with Gasteiger partial charge in [-0.25, -0.2) is 0 Å². The molecule has 0 rings (SSSR count). The molecule has 6 heteroatoms. The molecule has 0 aromatic heterocycles. The molecular weight excluding hydrogens is 817 g/mol. The van der Waals surface area contributed by atoms with Crippen molar-refractivity contribution in [2.75, 3.05) is 13.2 Å². The van der Waals surface area contributed by atoms with Gasteiger partial charge in [0.2, 0.25) is 0 Å². The topological polar surface area (TPSA) is 78.9 Å². The molecule has 0 heterocycles. The Morgan fingerprint density at radius 1 is 0.333 bits per heavy atom. The van der Waals surface area contributed by atoms with Crippen molar-refractivity contribution in [3.8, 4) is 0 Å². The second-order valence-electron chi connectivity index (χ2n) is 18.1. The minimum atomic E-state index is -0.801. The third kappa shape index (κ3) is 51.6. The molecule has 1 atom stereocenters. The zero-order valence-electron chi connectivity index (χ0n) is 43.2. The van der Waals surface area contributed by atoms with Crippen molar-refractivity contribution in [1.29, 1.82) is 0 Å². The molecule has 0 saturated carbocycles. The maximum absolute atomic E-state index is 12.8. The Bertz CT molecular complexity index is 1290. The summed E-state index contributed by atoms with van der Waals surface area (Å²) in [7, 11) is 0. The number of ether oxygens (including phenoxy) is 3. The molecule has 0 aromatic carbocycles. The number of unbranched alkanes of at least 4 members (excludes halogenated alkanes) is 25. The van der Waals surface area contributed by atoms with Crippen LogP contribution in [0.4, 0.5) is 0 Å². The van der Waals surface area contributed by atoms with Crippen LogP contribution in [0.2, 0.25) is 0 Å². The van der Waals surface area contributed by atoms with Crippen LogP contribution in [0.1, 0.15) is 258 Å². The first-order valence-electron chi connectivity index (χ1n) is 27.6. The normalized spacial score (nSPS) is 12.7. The van der Waals surface area contributed by atoms with E-state index in [1.54, 1.807) is 0 Å².